The second-order valence-corrected chi connectivity index (χ2v) is 2.72. The van der Waals surface area contributed by atoms with E-state index in [0.29, 0.717) is 6.07 Å². The van der Waals surface area contributed by atoms with E-state index in [0.717, 1.165) is 6.07 Å². The van der Waals surface area contributed by atoms with E-state index in [1.165, 1.54) is 12.2 Å². The summed E-state index contributed by atoms with van der Waals surface area (Å²) in [6, 6.07) is 1.31. The summed E-state index contributed by atoms with van der Waals surface area (Å²) in [6.07, 6.45) is 2.69. The second-order valence-electron chi connectivity index (χ2n) is 2.72. The third-order valence-corrected chi connectivity index (χ3v) is 1.70. The van der Waals surface area contributed by atoms with Gasteiger partial charge < -0.3 is 5.73 Å². The van der Waals surface area contributed by atoms with Crippen molar-refractivity contribution in [2.45, 2.75) is 0 Å². The summed E-state index contributed by atoms with van der Waals surface area (Å²) in [7, 11) is 0. The monoisotopic (exact) mass is 214 g/mol. The Hall–Kier alpha value is -1.82. The number of nitro benzene ring substituents is 1. The Kier molecular flexibility index (Phi) is 3.46. The highest BCUT2D eigenvalue weighted by molar-refractivity contribution is 5.61. The van der Waals surface area contributed by atoms with Crippen molar-refractivity contribution in [3.05, 3.63) is 45.5 Å². The zero-order chi connectivity index (χ0) is 11.4. The van der Waals surface area contributed by atoms with E-state index in [4.69, 9.17) is 5.73 Å². The molecule has 2 N–H and O–H groups in total. The molecule has 0 amide bonds. The molecule has 0 saturated heterocycles. The lowest BCUT2D eigenvalue weighted by Gasteiger charge is -1.98. The fourth-order valence-corrected chi connectivity index (χ4v) is 1.04. The first-order valence-electron chi connectivity index (χ1n) is 4.06. The molecule has 0 aliphatic carbocycles. The topological polar surface area (TPSA) is 69.2 Å². The van der Waals surface area contributed by atoms with E-state index < -0.39 is 22.2 Å². The zero-order valence-corrected chi connectivity index (χ0v) is 7.61. The van der Waals surface area contributed by atoms with Crippen LogP contribution >= 0.6 is 0 Å². The summed E-state index contributed by atoms with van der Waals surface area (Å²) in [6.45, 7) is 0.163. The maximum atomic E-state index is 12.8. The van der Waals surface area contributed by atoms with E-state index in [2.05, 4.69) is 0 Å². The van der Waals surface area contributed by atoms with Gasteiger partial charge in [0.1, 0.15) is 0 Å². The fraction of sp³-hybridized carbons (Fsp3) is 0.111. The van der Waals surface area contributed by atoms with Gasteiger partial charge in [0, 0.05) is 6.54 Å². The van der Waals surface area contributed by atoms with E-state index in [1.54, 1.807) is 0 Å². The molecule has 1 rings (SSSR count). The molecule has 0 fully saturated rings. The molecule has 0 aliphatic heterocycles. The third-order valence-electron chi connectivity index (χ3n) is 1.70. The van der Waals surface area contributed by atoms with Crippen molar-refractivity contribution in [1.82, 2.24) is 0 Å². The molecule has 6 heteroatoms. The Morgan fingerprint density at radius 3 is 2.53 bits per heavy atom. The molecule has 0 aromatic heterocycles. The number of hydrogen-bond donors (Lipinski definition) is 1. The van der Waals surface area contributed by atoms with Gasteiger partial charge in [0.15, 0.2) is 11.6 Å². The molecule has 0 bridgehead atoms. The van der Waals surface area contributed by atoms with E-state index in [-0.39, 0.29) is 12.1 Å². The molecule has 80 valence electrons. The standard InChI is InChI=1S/C9H8F2N2O2/c10-7-4-6(2-1-3-12)9(13(14)15)5-8(7)11/h1-2,4-5H,3,12H2/b2-1+. The van der Waals surface area contributed by atoms with Crippen LogP contribution in [0.3, 0.4) is 0 Å². The maximum absolute atomic E-state index is 12.8. The molecule has 0 unspecified atom stereocenters. The van der Waals surface area contributed by atoms with Crippen LogP contribution in [0.15, 0.2) is 18.2 Å². The highest BCUT2D eigenvalue weighted by Gasteiger charge is 2.16. The molecular weight excluding hydrogens is 206 g/mol. The molecule has 0 spiro atoms. The first-order valence-corrected chi connectivity index (χ1v) is 4.06. The Morgan fingerprint density at radius 1 is 1.40 bits per heavy atom. The minimum atomic E-state index is -1.24. The second kappa shape index (κ2) is 4.61. The molecule has 0 saturated carbocycles. The van der Waals surface area contributed by atoms with Crippen LogP contribution in [0, 0.1) is 21.7 Å². The number of benzene rings is 1. The first kappa shape index (κ1) is 11.3. The number of nitrogens with zero attached hydrogens (tertiary/aromatic N) is 1. The largest absolute Gasteiger partial charge is 0.327 e. The average molecular weight is 214 g/mol. The lowest BCUT2D eigenvalue weighted by atomic mass is 10.1. The van der Waals surface area contributed by atoms with E-state index in [1.807, 2.05) is 0 Å². The van der Waals surface area contributed by atoms with Crippen LogP contribution in [0.1, 0.15) is 5.56 Å². The van der Waals surface area contributed by atoms with Gasteiger partial charge in [-0.3, -0.25) is 10.1 Å². The first-order chi connectivity index (χ1) is 7.06. The summed E-state index contributed by atoms with van der Waals surface area (Å²) in [4.78, 5) is 9.72. The van der Waals surface area contributed by atoms with Gasteiger partial charge in [-0.2, -0.15) is 0 Å². The van der Waals surface area contributed by atoms with Gasteiger partial charge in [0.05, 0.1) is 16.6 Å². The summed E-state index contributed by atoms with van der Waals surface area (Å²) in [5.41, 5.74) is 4.65. The number of nitrogens with two attached hydrogens (primary N) is 1. The van der Waals surface area contributed by atoms with Crippen LogP contribution in [0.4, 0.5) is 14.5 Å². The van der Waals surface area contributed by atoms with Crippen LogP contribution in [-0.4, -0.2) is 11.5 Å². The molecule has 1 aromatic rings. The molecule has 0 atom stereocenters. The van der Waals surface area contributed by atoms with Gasteiger partial charge in [0.2, 0.25) is 0 Å². The lowest BCUT2D eigenvalue weighted by Crippen LogP contribution is -1.97. The molecule has 0 heterocycles. The lowest BCUT2D eigenvalue weighted by molar-refractivity contribution is -0.385. The SMILES string of the molecule is NC/C=C/c1cc(F)c(F)cc1[N+](=O)[O-]. The van der Waals surface area contributed by atoms with Crippen molar-refractivity contribution in [3.63, 3.8) is 0 Å². The van der Waals surface area contributed by atoms with Crippen molar-refractivity contribution < 1.29 is 13.7 Å². The summed E-state index contributed by atoms with van der Waals surface area (Å²) in [5, 5.41) is 10.5. The summed E-state index contributed by atoms with van der Waals surface area (Å²) in [5.74, 6) is -2.37. The van der Waals surface area contributed by atoms with Gasteiger partial charge >= 0.3 is 0 Å². The van der Waals surface area contributed by atoms with Crippen molar-refractivity contribution >= 4 is 11.8 Å². The predicted molar refractivity (Wildman–Crippen MR) is 51.1 cm³/mol. The van der Waals surface area contributed by atoms with Gasteiger partial charge in [-0.15, -0.1) is 0 Å². The summed E-state index contributed by atoms with van der Waals surface area (Å²) >= 11 is 0. The maximum Gasteiger partial charge on any atom is 0.279 e. The molecule has 1 aromatic carbocycles. The van der Waals surface area contributed by atoms with Crippen molar-refractivity contribution in [1.29, 1.82) is 0 Å². The van der Waals surface area contributed by atoms with Crippen molar-refractivity contribution in [2.24, 2.45) is 5.73 Å². The van der Waals surface area contributed by atoms with E-state index in [9.17, 15) is 18.9 Å². The zero-order valence-electron chi connectivity index (χ0n) is 7.61. The number of hydrogen-bond acceptors (Lipinski definition) is 3. The molecule has 4 nitrogen and oxygen atoms in total. The summed E-state index contributed by atoms with van der Waals surface area (Å²) < 4.78 is 25.5. The third kappa shape index (κ3) is 2.57. The van der Waals surface area contributed by atoms with Crippen LogP contribution in [0.25, 0.3) is 6.08 Å². The highest BCUT2D eigenvalue weighted by Crippen LogP contribution is 2.23. The van der Waals surface area contributed by atoms with Crippen LogP contribution in [0.5, 0.6) is 0 Å². The number of rotatable bonds is 3. The number of nitro groups is 1. The quantitative estimate of drug-likeness (QED) is 0.616. The predicted octanol–water partition coefficient (Wildman–Crippen LogP) is 1.84. The van der Waals surface area contributed by atoms with Crippen molar-refractivity contribution in [2.75, 3.05) is 6.54 Å². The van der Waals surface area contributed by atoms with Gasteiger partial charge in [0.25, 0.3) is 5.69 Å². The van der Waals surface area contributed by atoms with Crippen LogP contribution < -0.4 is 5.73 Å². The average Bonchev–Trinajstić information content (AvgIpc) is 2.19. The molecule has 0 aliphatic rings. The Morgan fingerprint density at radius 2 is 2.00 bits per heavy atom. The smallest absolute Gasteiger partial charge is 0.279 e. The van der Waals surface area contributed by atoms with E-state index >= 15 is 0 Å². The molecule has 15 heavy (non-hydrogen) atoms. The molecular formula is C9H8F2N2O2. The normalized spacial score (nSPS) is 10.9. The van der Waals surface area contributed by atoms with Crippen molar-refractivity contribution in [3.8, 4) is 0 Å². The van der Waals surface area contributed by atoms with Gasteiger partial charge in [-0.05, 0) is 6.07 Å². The van der Waals surface area contributed by atoms with Gasteiger partial charge in [-0.1, -0.05) is 12.2 Å². The molecule has 0 radical (unpaired) electrons. The van der Waals surface area contributed by atoms with Crippen LogP contribution in [0.2, 0.25) is 0 Å². The van der Waals surface area contributed by atoms with Gasteiger partial charge in [-0.25, -0.2) is 8.78 Å². The minimum absolute atomic E-state index is 0.00986. The Bertz CT molecular complexity index is 419. The fourth-order valence-electron chi connectivity index (χ4n) is 1.04. The highest BCUT2D eigenvalue weighted by atomic mass is 19.2. The Balaban J connectivity index is 3.28. The van der Waals surface area contributed by atoms with Crippen LogP contribution in [-0.2, 0) is 0 Å². The number of halogens is 2. The minimum Gasteiger partial charge on any atom is -0.327 e. The Labute approximate surface area is 84.2 Å².